The number of nitrogens with two attached hydrogens (primary N) is 1. The first-order valence-corrected chi connectivity index (χ1v) is 7.71. The molecular weight excluding hydrogens is 290 g/mol. The first-order chi connectivity index (χ1) is 8.75. The van der Waals surface area contributed by atoms with E-state index >= 15 is 0 Å². The maximum atomic E-state index is 11.8. The van der Waals surface area contributed by atoms with Crippen LogP contribution < -0.4 is 5.14 Å². The van der Waals surface area contributed by atoms with Crippen molar-refractivity contribution in [2.24, 2.45) is 5.14 Å². The third kappa shape index (κ3) is 4.49. The van der Waals surface area contributed by atoms with E-state index in [0.29, 0.717) is 0 Å². The Morgan fingerprint density at radius 3 is 2.63 bits per heavy atom. The Morgan fingerprint density at radius 1 is 1.47 bits per heavy atom. The molecule has 0 spiro atoms. The number of hydrogen-bond donors (Lipinski definition) is 1. The summed E-state index contributed by atoms with van der Waals surface area (Å²) >= 11 is 5.73. The zero-order valence-electron chi connectivity index (χ0n) is 10.7. The van der Waals surface area contributed by atoms with Gasteiger partial charge in [-0.05, 0) is 31.5 Å². The topological polar surface area (TPSA) is 86.5 Å². The fourth-order valence-corrected chi connectivity index (χ4v) is 2.64. The van der Waals surface area contributed by atoms with Crippen molar-refractivity contribution in [3.63, 3.8) is 0 Å². The number of rotatable bonds is 5. The minimum absolute atomic E-state index is 0.0272. The molecule has 106 valence electrons. The van der Waals surface area contributed by atoms with Crippen LogP contribution in [0.25, 0.3) is 0 Å². The Hall–Kier alpha value is -1.11. The molecule has 0 aliphatic heterocycles. The minimum atomic E-state index is -3.97. The number of hydrogen-bond acceptors (Lipinski definition) is 4. The van der Waals surface area contributed by atoms with Crippen molar-refractivity contribution in [1.29, 1.82) is 0 Å². The average Bonchev–Trinajstić information content (AvgIpc) is 2.27. The maximum Gasteiger partial charge on any atom is 0.338 e. The molecule has 1 atom stereocenters. The van der Waals surface area contributed by atoms with Gasteiger partial charge in [-0.1, -0.05) is 24.9 Å². The Labute approximate surface area is 117 Å². The van der Waals surface area contributed by atoms with Crippen LogP contribution in [0.4, 0.5) is 0 Å². The fraction of sp³-hybridized carbons (Fsp3) is 0.417. The molecule has 0 radical (unpaired) electrons. The molecule has 0 amide bonds. The molecule has 5 nitrogen and oxygen atoms in total. The van der Waals surface area contributed by atoms with Gasteiger partial charge in [0.25, 0.3) is 0 Å². The first-order valence-electron chi connectivity index (χ1n) is 5.79. The smallest absolute Gasteiger partial charge is 0.338 e. The second kappa shape index (κ2) is 6.36. The van der Waals surface area contributed by atoms with E-state index < -0.39 is 16.0 Å². The van der Waals surface area contributed by atoms with Crippen molar-refractivity contribution < 1.29 is 17.9 Å². The summed E-state index contributed by atoms with van der Waals surface area (Å²) in [6.45, 7) is 3.75. The molecule has 0 aliphatic rings. The summed E-state index contributed by atoms with van der Waals surface area (Å²) in [7, 11) is -3.97. The van der Waals surface area contributed by atoms with Gasteiger partial charge in [0.2, 0.25) is 10.0 Å². The number of carbonyl (C=O) groups is 1. The summed E-state index contributed by atoms with van der Waals surface area (Å²) in [4.78, 5) is 11.5. The lowest BCUT2D eigenvalue weighted by atomic mass is 10.2. The van der Waals surface area contributed by atoms with Crippen molar-refractivity contribution in [3.8, 4) is 0 Å². The van der Waals surface area contributed by atoms with Crippen molar-refractivity contribution in [3.05, 3.63) is 28.8 Å². The van der Waals surface area contributed by atoms with E-state index in [1.807, 2.05) is 6.92 Å². The second-order valence-corrected chi connectivity index (χ2v) is 6.13. The van der Waals surface area contributed by atoms with Gasteiger partial charge in [-0.15, -0.1) is 0 Å². The van der Waals surface area contributed by atoms with Crippen LogP contribution in [0, 0.1) is 0 Å². The summed E-state index contributed by atoms with van der Waals surface area (Å²) < 4.78 is 27.8. The van der Waals surface area contributed by atoms with E-state index in [9.17, 15) is 13.2 Å². The van der Waals surface area contributed by atoms with Crippen molar-refractivity contribution in [2.45, 2.75) is 37.7 Å². The van der Waals surface area contributed by atoms with E-state index in [1.165, 1.54) is 12.1 Å². The number of sulfonamides is 1. The monoisotopic (exact) mass is 305 g/mol. The van der Waals surface area contributed by atoms with E-state index in [2.05, 4.69) is 0 Å². The molecule has 0 fully saturated rings. The van der Waals surface area contributed by atoms with Gasteiger partial charge in [0, 0.05) is 0 Å². The minimum Gasteiger partial charge on any atom is -0.459 e. The van der Waals surface area contributed by atoms with E-state index in [-0.39, 0.29) is 21.6 Å². The van der Waals surface area contributed by atoms with E-state index in [1.54, 1.807) is 6.92 Å². The molecule has 1 aromatic rings. The zero-order valence-corrected chi connectivity index (χ0v) is 12.3. The molecule has 2 N–H and O–H groups in total. The lowest BCUT2D eigenvalue weighted by molar-refractivity contribution is 0.0323. The predicted octanol–water partition coefficient (Wildman–Crippen LogP) is 2.33. The molecule has 0 saturated carbocycles. The third-order valence-electron chi connectivity index (χ3n) is 2.48. The third-order valence-corrected chi connectivity index (χ3v) is 3.87. The predicted molar refractivity (Wildman–Crippen MR) is 72.6 cm³/mol. The summed E-state index contributed by atoms with van der Waals surface area (Å²) in [5.74, 6) is -0.595. The highest BCUT2D eigenvalue weighted by Gasteiger charge is 2.18. The number of benzene rings is 1. The highest BCUT2D eigenvalue weighted by atomic mass is 35.5. The van der Waals surface area contributed by atoms with Crippen LogP contribution in [0.2, 0.25) is 5.02 Å². The molecule has 7 heteroatoms. The molecule has 1 unspecified atom stereocenters. The molecule has 19 heavy (non-hydrogen) atoms. The lowest BCUT2D eigenvalue weighted by Crippen LogP contribution is -2.17. The van der Waals surface area contributed by atoms with Crippen LogP contribution in [-0.4, -0.2) is 20.5 Å². The largest absolute Gasteiger partial charge is 0.459 e. The van der Waals surface area contributed by atoms with Gasteiger partial charge in [0.15, 0.2) is 0 Å². The zero-order chi connectivity index (χ0) is 14.6. The molecular formula is C12H16ClNO4S. The normalized spacial score (nSPS) is 13.1. The Morgan fingerprint density at radius 2 is 2.11 bits per heavy atom. The van der Waals surface area contributed by atoms with Gasteiger partial charge < -0.3 is 4.74 Å². The van der Waals surface area contributed by atoms with Gasteiger partial charge in [-0.25, -0.2) is 18.4 Å². The van der Waals surface area contributed by atoms with Crippen LogP contribution in [0.1, 0.15) is 37.0 Å². The van der Waals surface area contributed by atoms with Crippen molar-refractivity contribution >= 4 is 27.6 Å². The summed E-state index contributed by atoms with van der Waals surface area (Å²) in [6.07, 6.45) is 1.39. The number of ether oxygens (including phenoxy) is 1. The van der Waals surface area contributed by atoms with Gasteiger partial charge in [0.1, 0.15) is 4.90 Å². The molecule has 0 aromatic heterocycles. The Bertz CT molecular complexity index is 571. The van der Waals surface area contributed by atoms with E-state index in [0.717, 1.165) is 18.9 Å². The van der Waals surface area contributed by atoms with Gasteiger partial charge in [-0.2, -0.15) is 0 Å². The highest BCUT2D eigenvalue weighted by Crippen LogP contribution is 2.22. The van der Waals surface area contributed by atoms with Gasteiger partial charge in [0.05, 0.1) is 16.7 Å². The lowest BCUT2D eigenvalue weighted by Gasteiger charge is -2.12. The molecule has 0 bridgehead atoms. The number of halogens is 1. The quantitative estimate of drug-likeness (QED) is 0.846. The molecule has 1 rings (SSSR count). The van der Waals surface area contributed by atoms with Crippen molar-refractivity contribution in [1.82, 2.24) is 0 Å². The molecule has 0 heterocycles. The average molecular weight is 306 g/mol. The Balaban J connectivity index is 3.00. The van der Waals surface area contributed by atoms with Crippen LogP contribution in [-0.2, 0) is 14.8 Å². The molecule has 1 aromatic carbocycles. The second-order valence-electron chi connectivity index (χ2n) is 4.19. The van der Waals surface area contributed by atoms with Crippen molar-refractivity contribution in [2.75, 3.05) is 0 Å². The number of carbonyl (C=O) groups excluding carboxylic acids is 1. The number of esters is 1. The SMILES string of the molecule is CCCC(C)OC(=O)c1ccc(Cl)c(S(N)(=O)=O)c1. The van der Waals surface area contributed by atoms with Crippen LogP contribution in [0.5, 0.6) is 0 Å². The van der Waals surface area contributed by atoms with Gasteiger partial charge >= 0.3 is 5.97 Å². The fourth-order valence-electron chi connectivity index (χ4n) is 1.56. The highest BCUT2D eigenvalue weighted by molar-refractivity contribution is 7.89. The summed E-state index contributed by atoms with van der Waals surface area (Å²) in [6, 6.07) is 3.83. The van der Waals surface area contributed by atoms with Crippen LogP contribution in [0.3, 0.4) is 0 Å². The summed E-state index contributed by atoms with van der Waals surface area (Å²) in [5.41, 5.74) is 0.108. The van der Waals surface area contributed by atoms with Crippen LogP contribution in [0.15, 0.2) is 23.1 Å². The molecule has 0 saturated heterocycles. The van der Waals surface area contributed by atoms with Gasteiger partial charge in [-0.3, -0.25) is 0 Å². The molecule has 0 aliphatic carbocycles. The standard InChI is InChI=1S/C12H16ClNO4S/c1-3-4-8(2)18-12(15)9-5-6-10(13)11(7-9)19(14,16)17/h5-8H,3-4H2,1-2H3,(H2,14,16,17). The van der Waals surface area contributed by atoms with E-state index in [4.69, 9.17) is 21.5 Å². The van der Waals surface area contributed by atoms with Crippen LogP contribution >= 0.6 is 11.6 Å². The summed E-state index contributed by atoms with van der Waals surface area (Å²) in [5, 5.41) is 4.98. The number of primary sulfonamides is 1. The Kier molecular flexibility index (Phi) is 5.34. The first kappa shape index (κ1) is 15.9. The maximum absolute atomic E-state index is 11.8.